The molecule has 5 nitrogen and oxygen atoms in total. The van der Waals surface area contributed by atoms with E-state index in [9.17, 15) is 14.4 Å². The molecule has 0 bridgehead atoms. The van der Waals surface area contributed by atoms with Crippen molar-refractivity contribution < 1.29 is 14.4 Å². The van der Waals surface area contributed by atoms with E-state index in [1.54, 1.807) is 0 Å². The first-order valence-corrected chi connectivity index (χ1v) is 9.72. The minimum Gasteiger partial charge on any atom is -0.273 e. The second kappa shape index (κ2) is 7.24. The number of nitrogens with zero attached hydrogens (tertiary/aromatic N) is 2. The van der Waals surface area contributed by atoms with Gasteiger partial charge in [0, 0.05) is 12.1 Å². The number of carbonyl (C=O) groups excluding carboxylic acids is 3. The summed E-state index contributed by atoms with van der Waals surface area (Å²) in [6, 6.07) is -0.362. The summed E-state index contributed by atoms with van der Waals surface area (Å²) in [6.07, 6.45) is 10.1. The smallest absolute Gasteiger partial charge is 0.273 e. The van der Waals surface area contributed by atoms with Crippen molar-refractivity contribution in [3.63, 3.8) is 0 Å². The average molecular weight is 334 g/mol. The van der Waals surface area contributed by atoms with Gasteiger partial charge in [0.25, 0.3) is 0 Å². The Labute approximate surface area is 144 Å². The molecule has 1 aliphatic heterocycles. The molecular formula is C19H30N2O3. The number of carbonyl (C=O) groups is 3. The summed E-state index contributed by atoms with van der Waals surface area (Å²) in [4.78, 5) is 42.0. The van der Waals surface area contributed by atoms with Crippen molar-refractivity contribution in [1.82, 2.24) is 9.80 Å². The lowest BCUT2D eigenvalue weighted by Crippen LogP contribution is -2.65. The van der Waals surface area contributed by atoms with Crippen LogP contribution in [0.4, 0.5) is 4.79 Å². The molecule has 0 radical (unpaired) electrons. The van der Waals surface area contributed by atoms with Crippen LogP contribution in [0.15, 0.2) is 0 Å². The lowest BCUT2D eigenvalue weighted by molar-refractivity contribution is -0.155. The first-order chi connectivity index (χ1) is 11.5. The van der Waals surface area contributed by atoms with Gasteiger partial charge in [-0.25, -0.2) is 4.79 Å². The Morgan fingerprint density at radius 1 is 0.708 bits per heavy atom. The number of urea groups is 1. The molecule has 134 valence electrons. The summed E-state index contributed by atoms with van der Waals surface area (Å²) in [7, 11) is 0. The summed E-state index contributed by atoms with van der Waals surface area (Å²) >= 11 is 0. The van der Waals surface area contributed by atoms with Crippen molar-refractivity contribution in [2.24, 2.45) is 11.8 Å². The van der Waals surface area contributed by atoms with Crippen molar-refractivity contribution in [1.29, 1.82) is 0 Å². The molecule has 3 rings (SSSR count). The summed E-state index contributed by atoms with van der Waals surface area (Å²) in [5.74, 6) is -1.26. The Kier molecular flexibility index (Phi) is 5.26. The first-order valence-electron chi connectivity index (χ1n) is 9.72. The normalized spacial score (nSPS) is 25.9. The summed E-state index contributed by atoms with van der Waals surface area (Å²) < 4.78 is 0. The maximum atomic E-state index is 13.1. The second-order valence-corrected chi connectivity index (χ2v) is 8.00. The Bertz CT molecular complexity index is 465. The highest BCUT2D eigenvalue weighted by Crippen LogP contribution is 2.34. The molecule has 0 atom stereocenters. The third-order valence-electron chi connectivity index (χ3n) is 5.97. The molecule has 1 saturated heterocycles. The molecule has 3 fully saturated rings. The van der Waals surface area contributed by atoms with Gasteiger partial charge in [-0.05, 0) is 31.6 Å². The fraction of sp³-hybridized carbons (Fsp3) is 0.842. The number of amides is 4. The molecule has 5 heteroatoms. The molecule has 2 saturated carbocycles. The van der Waals surface area contributed by atoms with Crippen molar-refractivity contribution in [2.75, 3.05) is 0 Å². The van der Waals surface area contributed by atoms with E-state index >= 15 is 0 Å². The highest BCUT2D eigenvalue weighted by atomic mass is 16.2. The molecule has 0 aromatic heterocycles. The van der Waals surface area contributed by atoms with Gasteiger partial charge < -0.3 is 0 Å². The van der Waals surface area contributed by atoms with Gasteiger partial charge in [0.15, 0.2) is 0 Å². The molecule has 24 heavy (non-hydrogen) atoms. The van der Waals surface area contributed by atoms with Gasteiger partial charge in [-0.3, -0.25) is 19.4 Å². The van der Waals surface area contributed by atoms with E-state index in [1.807, 2.05) is 13.8 Å². The lowest BCUT2D eigenvalue weighted by Gasteiger charge is -2.46. The number of imide groups is 2. The quantitative estimate of drug-likeness (QED) is 0.739. The van der Waals surface area contributed by atoms with E-state index in [1.165, 1.54) is 22.6 Å². The van der Waals surface area contributed by atoms with Crippen molar-refractivity contribution in [3.8, 4) is 0 Å². The van der Waals surface area contributed by atoms with Crippen molar-refractivity contribution >= 4 is 17.8 Å². The second-order valence-electron chi connectivity index (χ2n) is 8.00. The number of hydrogen-bond donors (Lipinski definition) is 0. The van der Waals surface area contributed by atoms with Gasteiger partial charge in [-0.15, -0.1) is 0 Å². The Hall–Kier alpha value is -1.39. The van der Waals surface area contributed by atoms with Gasteiger partial charge in [0.2, 0.25) is 11.8 Å². The van der Waals surface area contributed by atoms with E-state index < -0.39 is 5.92 Å². The fourth-order valence-corrected chi connectivity index (χ4v) is 4.63. The molecular weight excluding hydrogens is 304 g/mol. The van der Waals surface area contributed by atoms with E-state index in [4.69, 9.17) is 0 Å². The highest BCUT2D eigenvalue weighted by molar-refractivity contribution is 6.16. The SMILES string of the molecule is CC(C)C1C(=O)N(C2CCCCC2)C(=O)N(C2CCCCC2)C1=O. The molecule has 0 unspecified atom stereocenters. The predicted molar refractivity (Wildman–Crippen MR) is 91.2 cm³/mol. The Morgan fingerprint density at radius 3 is 1.42 bits per heavy atom. The number of barbiturate groups is 1. The van der Waals surface area contributed by atoms with E-state index in [-0.39, 0.29) is 35.8 Å². The summed E-state index contributed by atoms with van der Waals surface area (Å²) in [5, 5.41) is 0. The number of hydrogen-bond acceptors (Lipinski definition) is 3. The van der Waals surface area contributed by atoms with Crippen LogP contribution in [0.1, 0.15) is 78.1 Å². The summed E-state index contributed by atoms with van der Waals surface area (Å²) in [6.45, 7) is 3.82. The van der Waals surface area contributed by atoms with Gasteiger partial charge >= 0.3 is 6.03 Å². The minimum atomic E-state index is -0.688. The third kappa shape index (κ3) is 3.09. The molecule has 0 aromatic carbocycles. The van der Waals surface area contributed by atoms with Crippen molar-refractivity contribution in [2.45, 2.75) is 90.1 Å². The molecule has 1 heterocycles. The van der Waals surface area contributed by atoms with Crippen LogP contribution in [0, 0.1) is 11.8 Å². The Balaban J connectivity index is 1.91. The van der Waals surface area contributed by atoms with Crippen LogP contribution in [-0.4, -0.2) is 39.7 Å². The molecule has 0 aromatic rings. The van der Waals surface area contributed by atoms with Crippen LogP contribution in [0.25, 0.3) is 0 Å². The fourth-order valence-electron chi connectivity index (χ4n) is 4.63. The molecule has 0 spiro atoms. The predicted octanol–water partition coefficient (Wildman–Crippen LogP) is 3.71. The van der Waals surface area contributed by atoms with Crippen LogP contribution in [0.3, 0.4) is 0 Å². The van der Waals surface area contributed by atoms with Crippen LogP contribution in [0.5, 0.6) is 0 Å². The average Bonchev–Trinajstić information content (AvgIpc) is 2.56. The highest BCUT2D eigenvalue weighted by Gasteiger charge is 2.51. The zero-order valence-corrected chi connectivity index (χ0v) is 15.0. The van der Waals surface area contributed by atoms with Crippen LogP contribution >= 0.6 is 0 Å². The van der Waals surface area contributed by atoms with Gasteiger partial charge in [-0.1, -0.05) is 52.4 Å². The van der Waals surface area contributed by atoms with E-state index in [0.29, 0.717) is 0 Å². The first kappa shape index (κ1) is 17.4. The summed E-state index contributed by atoms with van der Waals surface area (Å²) in [5.41, 5.74) is 0. The zero-order chi connectivity index (χ0) is 17.3. The third-order valence-corrected chi connectivity index (χ3v) is 5.97. The minimum absolute atomic E-state index is 0.0146. The van der Waals surface area contributed by atoms with Crippen LogP contribution in [0.2, 0.25) is 0 Å². The van der Waals surface area contributed by atoms with Crippen LogP contribution < -0.4 is 0 Å². The van der Waals surface area contributed by atoms with Crippen molar-refractivity contribution in [3.05, 3.63) is 0 Å². The molecule has 2 aliphatic carbocycles. The molecule has 0 N–H and O–H groups in total. The maximum Gasteiger partial charge on any atom is 0.333 e. The van der Waals surface area contributed by atoms with E-state index in [0.717, 1.165) is 51.4 Å². The monoisotopic (exact) mass is 334 g/mol. The largest absolute Gasteiger partial charge is 0.333 e. The lowest BCUT2D eigenvalue weighted by atomic mass is 9.85. The topological polar surface area (TPSA) is 57.7 Å². The van der Waals surface area contributed by atoms with Crippen LogP contribution in [-0.2, 0) is 9.59 Å². The number of rotatable bonds is 3. The molecule has 4 amide bonds. The zero-order valence-electron chi connectivity index (χ0n) is 15.0. The molecule has 3 aliphatic rings. The Morgan fingerprint density at radius 2 is 1.08 bits per heavy atom. The standard InChI is InChI=1S/C19H30N2O3/c1-13(2)16-17(22)20(14-9-5-3-6-10-14)19(24)21(18(16)23)15-11-7-4-8-12-15/h13-16H,3-12H2,1-2H3. The van der Waals surface area contributed by atoms with Gasteiger partial charge in [0.1, 0.15) is 5.92 Å². The van der Waals surface area contributed by atoms with Gasteiger partial charge in [-0.2, -0.15) is 0 Å². The van der Waals surface area contributed by atoms with E-state index in [2.05, 4.69) is 0 Å². The van der Waals surface area contributed by atoms with Gasteiger partial charge in [0.05, 0.1) is 0 Å². The maximum absolute atomic E-state index is 13.1.